The van der Waals surface area contributed by atoms with Crippen LogP contribution in [0.25, 0.3) is 0 Å². The molecule has 1 aromatic heterocycles. The molecular weight excluding hydrogens is 318 g/mol. The number of aromatic amines is 1. The number of carbonyl (C=O) groups is 2. The van der Waals surface area contributed by atoms with Crippen molar-refractivity contribution in [2.45, 2.75) is 66.0 Å². The minimum atomic E-state index is -0.417. The van der Waals surface area contributed by atoms with E-state index in [1.165, 1.54) is 0 Å². The SMILES string of the molecule is Cc1[nH]c(C(=O)N(CCC#N)C(C)C2CC2)c(C)c1C(=O)OC(C)C. The second-order valence-electron chi connectivity index (χ2n) is 7.06. The van der Waals surface area contributed by atoms with Crippen LogP contribution in [0.5, 0.6) is 0 Å². The predicted octanol–water partition coefficient (Wildman–Crippen LogP) is 3.35. The Morgan fingerprint density at radius 2 is 1.96 bits per heavy atom. The van der Waals surface area contributed by atoms with Crippen molar-refractivity contribution in [2.75, 3.05) is 6.54 Å². The van der Waals surface area contributed by atoms with Crippen LogP contribution in [0.15, 0.2) is 0 Å². The highest BCUT2D eigenvalue weighted by atomic mass is 16.5. The molecule has 1 unspecified atom stereocenters. The van der Waals surface area contributed by atoms with Crippen molar-refractivity contribution in [3.63, 3.8) is 0 Å². The number of esters is 1. The number of hydrogen-bond donors (Lipinski definition) is 1. The van der Waals surface area contributed by atoms with E-state index in [4.69, 9.17) is 10.00 Å². The number of amides is 1. The molecule has 0 aliphatic heterocycles. The van der Waals surface area contributed by atoms with E-state index < -0.39 is 5.97 Å². The summed E-state index contributed by atoms with van der Waals surface area (Å²) in [6.07, 6.45) is 2.31. The molecule has 1 aromatic rings. The van der Waals surface area contributed by atoms with E-state index in [1.54, 1.807) is 32.6 Å². The van der Waals surface area contributed by atoms with Crippen molar-refractivity contribution in [1.82, 2.24) is 9.88 Å². The van der Waals surface area contributed by atoms with E-state index in [-0.39, 0.29) is 18.1 Å². The monoisotopic (exact) mass is 345 g/mol. The third-order valence-electron chi connectivity index (χ3n) is 4.72. The van der Waals surface area contributed by atoms with Gasteiger partial charge in [0.1, 0.15) is 5.69 Å². The van der Waals surface area contributed by atoms with Gasteiger partial charge in [-0.2, -0.15) is 5.26 Å². The van der Waals surface area contributed by atoms with Crippen LogP contribution in [0.4, 0.5) is 0 Å². The average molecular weight is 345 g/mol. The summed E-state index contributed by atoms with van der Waals surface area (Å²) in [5.41, 5.74) is 2.08. The molecule has 1 aliphatic rings. The molecule has 0 aromatic carbocycles. The van der Waals surface area contributed by atoms with Gasteiger partial charge in [0.05, 0.1) is 24.2 Å². The van der Waals surface area contributed by atoms with Gasteiger partial charge in [-0.05, 0) is 58.9 Å². The largest absolute Gasteiger partial charge is 0.459 e. The third-order valence-corrected chi connectivity index (χ3v) is 4.72. The lowest BCUT2D eigenvalue weighted by atomic mass is 10.1. The summed E-state index contributed by atoms with van der Waals surface area (Å²) in [5.74, 6) is -0.0673. The Balaban J connectivity index is 2.30. The number of carbonyl (C=O) groups excluding carboxylic acids is 2. The van der Waals surface area contributed by atoms with Gasteiger partial charge in [0.2, 0.25) is 0 Å². The number of aryl methyl sites for hydroxylation is 1. The predicted molar refractivity (Wildman–Crippen MR) is 94.3 cm³/mol. The summed E-state index contributed by atoms with van der Waals surface area (Å²) in [6.45, 7) is 9.55. The standard InChI is InChI=1S/C19H27N3O3/c1-11(2)25-19(24)16-12(3)17(21-13(16)4)18(23)22(10-6-9-20)14(5)15-7-8-15/h11,14-15,21H,6-8,10H2,1-5H3. The Morgan fingerprint density at radius 3 is 2.48 bits per heavy atom. The Morgan fingerprint density at radius 1 is 1.32 bits per heavy atom. The highest BCUT2D eigenvalue weighted by Crippen LogP contribution is 2.36. The molecule has 0 spiro atoms. The highest BCUT2D eigenvalue weighted by molar-refractivity contribution is 6.00. The first kappa shape index (κ1) is 19.0. The molecule has 6 nitrogen and oxygen atoms in total. The lowest BCUT2D eigenvalue weighted by Crippen LogP contribution is -2.41. The van der Waals surface area contributed by atoms with Crippen LogP contribution in [-0.2, 0) is 4.74 Å². The van der Waals surface area contributed by atoms with Crippen molar-refractivity contribution in [1.29, 1.82) is 5.26 Å². The number of ether oxygens (including phenoxy) is 1. The van der Waals surface area contributed by atoms with E-state index >= 15 is 0 Å². The van der Waals surface area contributed by atoms with Gasteiger partial charge in [0.25, 0.3) is 5.91 Å². The lowest BCUT2D eigenvalue weighted by Gasteiger charge is -2.28. The fraction of sp³-hybridized carbons (Fsp3) is 0.632. The van der Waals surface area contributed by atoms with Crippen LogP contribution < -0.4 is 0 Å². The molecule has 1 atom stereocenters. The maximum absolute atomic E-state index is 13.1. The van der Waals surface area contributed by atoms with Gasteiger partial charge in [-0.3, -0.25) is 4.79 Å². The molecule has 1 heterocycles. The molecule has 136 valence electrons. The zero-order valence-electron chi connectivity index (χ0n) is 15.7. The molecule has 1 N–H and O–H groups in total. The van der Waals surface area contributed by atoms with Crippen LogP contribution in [-0.4, -0.2) is 40.5 Å². The van der Waals surface area contributed by atoms with Gasteiger partial charge in [-0.1, -0.05) is 0 Å². The summed E-state index contributed by atoms with van der Waals surface area (Å²) in [4.78, 5) is 30.2. The van der Waals surface area contributed by atoms with Crippen molar-refractivity contribution < 1.29 is 14.3 Å². The summed E-state index contributed by atoms with van der Waals surface area (Å²) in [5, 5.41) is 8.91. The smallest absolute Gasteiger partial charge is 0.340 e. The van der Waals surface area contributed by atoms with E-state index in [1.807, 2.05) is 6.92 Å². The average Bonchev–Trinajstić information content (AvgIpc) is 3.32. The molecule has 0 bridgehead atoms. The summed E-state index contributed by atoms with van der Waals surface area (Å²) in [6, 6.07) is 2.20. The molecular formula is C19H27N3O3. The van der Waals surface area contributed by atoms with Crippen LogP contribution in [0.1, 0.15) is 72.1 Å². The summed E-state index contributed by atoms with van der Waals surface area (Å²) < 4.78 is 5.29. The number of nitriles is 1. The normalized spacial score (nSPS) is 14.9. The second kappa shape index (κ2) is 7.73. The Bertz CT molecular complexity index is 696. The van der Waals surface area contributed by atoms with Gasteiger partial charge in [0, 0.05) is 18.3 Å². The molecule has 0 saturated heterocycles. The summed E-state index contributed by atoms with van der Waals surface area (Å²) >= 11 is 0. The van der Waals surface area contributed by atoms with Crippen LogP contribution in [0.3, 0.4) is 0 Å². The zero-order chi connectivity index (χ0) is 18.7. The number of aromatic nitrogens is 1. The van der Waals surface area contributed by atoms with Gasteiger partial charge >= 0.3 is 5.97 Å². The fourth-order valence-electron chi connectivity index (χ4n) is 3.18. The first-order valence-electron chi connectivity index (χ1n) is 8.86. The Hall–Kier alpha value is -2.29. The van der Waals surface area contributed by atoms with Gasteiger partial charge in [-0.25, -0.2) is 4.79 Å². The molecule has 25 heavy (non-hydrogen) atoms. The first-order chi connectivity index (χ1) is 11.8. The van der Waals surface area contributed by atoms with Crippen molar-refractivity contribution in [3.8, 4) is 6.07 Å². The van der Waals surface area contributed by atoms with Crippen LogP contribution in [0.2, 0.25) is 0 Å². The minimum Gasteiger partial charge on any atom is -0.459 e. The topological polar surface area (TPSA) is 86.2 Å². The molecule has 6 heteroatoms. The molecule has 1 fully saturated rings. The van der Waals surface area contributed by atoms with E-state index in [9.17, 15) is 9.59 Å². The molecule has 1 amide bonds. The van der Waals surface area contributed by atoms with E-state index in [0.717, 1.165) is 12.8 Å². The van der Waals surface area contributed by atoms with Gasteiger partial charge in [0.15, 0.2) is 0 Å². The number of nitrogens with one attached hydrogen (secondary N) is 1. The zero-order valence-corrected chi connectivity index (χ0v) is 15.7. The maximum Gasteiger partial charge on any atom is 0.340 e. The molecule has 0 radical (unpaired) electrons. The minimum absolute atomic E-state index is 0.0925. The van der Waals surface area contributed by atoms with Gasteiger partial charge < -0.3 is 14.6 Å². The fourth-order valence-corrected chi connectivity index (χ4v) is 3.18. The van der Waals surface area contributed by atoms with Crippen LogP contribution >= 0.6 is 0 Å². The number of nitrogens with zero attached hydrogens (tertiary/aromatic N) is 2. The van der Waals surface area contributed by atoms with Crippen LogP contribution in [0, 0.1) is 31.1 Å². The lowest BCUT2D eigenvalue weighted by molar-refractivity contribution is 0.0376. The number of hydrogen-bond acceptors (Lipinski definition) is 4. The van der Waals surface area contributed by atoms with Gasteiger partial charge in [-0.15, -0.1) is 0 Å². The number of H-pyrrole nitrogens is 1. The van der Waals surface area contributed by atoms with Crippen molar-refractivity contribution in [2.24, 2.45) is 5.92 Å². The maximum atomic E-state index is 13.1. The molecule has 1 saturated carbocycles. The highest BCUT2D eigenvalue weighted by Gasteiger charge is 2.36. The van der Waals surface area contributed by atoms with Crippen molar-refractivity contribution in [3.05, 3.63) is 22.5 Å². The third kappa shape index (κ3) is 4.22. The summed E-state index contributed by atoms with van der Waals surface area (Å²) in [7, 11) is 0. The van der Waals surface area contributed by atoms with E-state index in [0.29, 0.717) is 41.4 Å². The number of rotatable bonds is 7. The van der Waals surface area contributed by atoms with E-state index in [2.05, 4.69) is 11.1 Å². The van der Waals surface area contributed by atoms with Crippen molar-refractivity contribution >= 4 is 11.9 Å². The Labute approximate surface area is 149 Å². The quantitative estimate of drug-likeness (QED) is 0.768. The Kier molecular flexibility index (Phi) is 5.89. The second-order valence-corrected chi connectivity index (χ2v) is 7.06. The first-order valence-corrected chi connectivity index (χ1v) is 8.86. The molecule has 2 rings (SSSR count). The molecule has 1 aliphatic carbocycles.